The molecule has 4 heteroatoms. The van der Waals surface area contributed by atoms with Crippen LogP contribution in [-0.4, -0.2) is 22.9 Å². The largest absolute Gasteiger partial charge is 0.398 e. The van der Waals surface area contributed by atoms with Crippen molar-refractivity contribution in [3.63, 3.8) is 0 Å². The molecule has 2 N–H and O–H groups in total. The molecule has 0 bridgehead atoms. The summed E-state index contributed by atoms with van der Waals surface area (Å²) in [5.41, 5.74) is 10.8. The van der Waals surface area contributed by atoms with Crippen molar-refractivity contribution < 1.29 is 0 Å². The minimum absolute atomic E-state index is 0.927. The molecule has 0 spiro atoms. The Labute approximate surface area is 107 Å². The standard InChI is InChI=1S/C14H18N4/c1-17-10-11(9-16-17)5-7-18-8-6-12-13(15)3-2-4-14(12)18/h2-4,9-10H,5-8,15H2,1H3. The van der Waals surface area contributed by atoms with E-state index in [0.717, 1.165) is 31.6 Å². The zero-order chi connectivity index (χ0) is 12.5. The van der Waals surface area contributed by atoms with Crippen LogP contribution in [0.5, 0.6) is 0 Å². The van der Waals surface area contributed by atoms with E-state index in [-0.39, 0.29) is 0 Å². The van der Waals surface area contributed by atoms with Gasteiger partial charge in [-0.25, -0.2) is 0 Å². The maximum atomic E-state index is 6.00. The molecule has 0 radical (unpaired) electrons. The van der Waals surface area contributed by atoms with Crippen LogP contribution in [0.25, 0.3) is 0 Å². The van der Waals surface area contributed by atoms with Crippen LogP contribution < -0.4 is 10.6 Å². The third-order valence-electron chi connectivity index (χ3n) is 3.59. The molecule has 3 rings (SSSR count). The van der Waals surface area contributed by atoms with E-state index in [1.807, 2.05) is 30.1 Å². The zero-order valence-corrected chi connectivity index (χ0v) is 10.6. The number of nitrogens with zero attached hydrogens (tertiary/aromatic N) is 3. The number of hydrogen-bond acceptors (Lipinski definition) is 3. The number of anilines is 2. The van der Waals surface area contributed by atoms with Crippen LogP contribution in [0.3, 0.4) is 0 Å². The number of rotatable bonds is 3. The van der Waals surface area contributed by atoms with Crippen LogP contribution in [0.2, 0.25) is 0 Å². The second-order valence-corrected chi connectivity index (χ2v) is 4.85. The van der Waals surface area contributed by atoms with Gasteiger partial charge < -0.3 is 10.6 Å². The molecular weight excluding hydrogens is 224 g/mol. The lowest BCUT2D eigenvalue weighted by Crippen LogP contribution is -2.23. The summed E-state index contributed by atoms with van der Waals surface area (Å²) in [6.45, 7) is 2.10. The molecule has 0 atom stereocenters. The van der Waals surface area contributed by atoms with Gasteiger partial charge in [0.2, 0.25) is 0 Å². The van der Waals surface area contributed by atoms with Crippen molar-refractivity contribution in [2.24, 2.45) is 7.05 Å². The number of benzene rings is 1. The van der Waals surface area contributed by atoms with E-state index in [0.29, 0.717) is 0 Å². The summed E-state index contributed by atoms with van der Waals surface area (Å²) in [5.74, 6) is 0. The lowest BCUT2D eigenvalue weighted by molar-refractivity contribution is 0.765. The molecule has 1 aromatic carbocycles. The minimum Gasteiger partial charge on any atom is -0.398 e. The molecule has 1 aliphatic heterocycles. The van der Waals surface area contributed by atoms with Gasteiger partial charge in [0.1, 0.15) is 0 Å². The van der Waals surface area contributed by atoms with Gasteiger partial charge in [-0.15, -0.1) is 0 Å². The van der Waals surface area contributed by atoms with Gasteiger partial charge in [-0.3, -0.25) is 4.68 Å². The number of aromatic nitrogens is 2. The first-order valence-electron chi connectivity index (χ1n) is 6.34. The summed E-state index contributed by atoms with van der Waals surface area (Å²) in [5, 5.41) is 4.20. The molecule has 4 nitrogen and oxygen atoms in total. The molecule has 18 heavy (non-hydrogen) atoms. The van der Waals surface area contributed by atoms with Crippen LogP contribution in [0.4, 0.5) is 11.4 Å². The Morgan fingerprint density at radius 1 is 1.39 bits per heavy atom. The van der Waals surface area contributed by atoms with E-state index in [4.69, 9.17) is 5.73 Å². The maximum absolute atomic E-state index is 6.00. The average Bonchev–Trinajstić information content (AvgIpc) is 2.94. The monoisotopic (exact) mass is 242 g/mol. The first kappa shape index (κ1) is 11.1. The van der Waals surface area contributed by atoms with Gasteiger partial charge >= 0.3 is 0 Å². The summed E-state index contributed by atoms with van der Waals surface area (Å²) < 4.78 is 1.85. The number of aryl methyl sites for hydroxylation is 1. The predicted octanol–water partition coefficient (Wildman–Crippen LogP) is 1.61. The van der Waals surface area contributed by atoms with Gasteiger partial charge in [0.05, 0.1) is 6.20 Å². The third kappa shape index (κ3) is 1.94. The number of fused-ring (bicyclic) bond motifs is 1. The minimum atomic E-state index is 0.927. The summed E-state index contributed by atoms with van der Waals surface area (Å²) in [4.78, 5) is 2.42. The molecule has 1 aromatic heterocycles. The highest BCUT2D eigenvalue weighted by Gasteiger charge is 2.20. The van der Waals surface area contributed by atoms with Gasteiger partial charge in [-0.2, -0.15) is 5.10 Å². The van der Waals surface area contributed by atoms with E-state index in [9.17, 15) is 0 Å². The molecule has 0 aliphatic carbocycles. The quantitative estimate of drug-likeness (QED) is 0.832. The van der Waals surface area contributed by atoms with E-state index in [2.05, 4.69) is 22.3 Å². The van der Waals surface area contributed by atoms with Crippen molar-refractivity contribution >= 4 is 11.4 Å². The third-order valence-corrected chi connectivity index (χ3v) is 3.59. The fourth-order valence-electron chi connectivity index (χ4n) is 2.63. The molecule has 0 saturated carbocycles. The smallest absolute Gasteiger partial charge is 0.0522 e. The Bertz CT molecular complexity index is 559. The first-order valence-corrected chi connectivity index (χ1v) is 6.34. The lowest BCUT2D eigenvalue weighted by Gasteiger charge is -2.19. The Morgan fingerprint density at radius 2 is 2.28 bits per heavy atom. The average molecular weight is 242 g/mol. The van der Waals surface area contributed by atoms with E-state index < -0.39 is 0 Å². The molecule has 0 fully saturated rings. The van der Waals surface area contributed by atoms with E-state index >= 15 is 0 Å². The van der Waals surface area contributed by atoms with Crippen molar-refractivity contribution in [1.82, 2.24) is 9.78 Å². The predicted molar refractivity (Wildman–Crippen MR) is 73.7 cm³/mol. The molecular formula is C14H18N4. The van der Waals surface area contributed by atoms with Crippen molar-refractivity contribution in [1.29, 1.82) is 0 Å². The fourth-order valence-corrected chi connectivity index (χ4v) is 2.63. The normalized spacial score (nSPS) is 13.9. The molecule has 2 aromatic rings. The van der Waals surface area contributed by atoms with Crippen molar-refractivity contribution in [2.45, 2.75) is 12.8 Å². The van der Waals surface area contributed by atoms with Crippen LogP contribution in [0.1, 0.15) is 11.1 Å². The molecule has 94 valence electrons. The van der Waals surface area contributed by atoms with Gasteiger partial charge in [-0.1, -0.05) is 6.07 Å². The summed E-state index contributed by atoms with van der Waals surface area (Å²) in [7, 11) is 1.95. The topological polar surface area (TPSA) is 47.1 Å². The van der Waals surface area contributed by atoms with E-state index in [1.54, 1.807) is 0 Å². The van der Waals surface area contributed by atoms with Crippen molar-refractivity contribution in [3.8, 4) is 0 Å². The second kappa shape index (κ2) is 4.37. The Hall–Kier alpha value is -1.97. The molecule has 2 heterocycles. The summed E-state index contributed by atoms with van der Waals surface area (Å²) in [6, 6.07) is 6.20. The van der Waals surface area contributed by atoms with Crippen molar-refractivity contribution in [3.05, 3.63) is 41.7 Å². The van der Waals surface area contributed by atoms with Gasteiger partial charge in [0.25, 0.3) is 0 Å². The highest BCUT2D eigenvalue weighted by Crippen LogP contribution is 2.31. The SMILES string of the molecule is Cn1cc(CCN2CCc3c(N)cccc32)cn1. The highest BCUT2D eigenvalue weighted by molar-refractivity contribution is 5.68. The number of hydrogen-bond donors (Lipinski definition) is 1. The van der Waals surface area contributed by atoms with Crippen molar-refractivity contribution in [2.75, 3.05) is 23.7 Å². The van der Waals surface area contributed by atoms with Crippen LogP contribution >= 0.6 is 0 Å². The molecule has 0 saturated heterocycles. The first-order chi connectivity index (χ1) is 8.74. The number of nitrogens with two attached hydrogens (primary N) is 1. The second-order valence-electron chi connectivity index (χ2n) is 4.85. The lowest BCUT2D eigenvalue weighted by atomic mass is 10.1. The fraction of sp³-hybridized carbons (Fsp3) is 0.357. The molecule has 0 amide bonds. The molecule has 1 aliphatic rings. The zero-order valence-electron chi connectivity index (χ0n) is 10.6. The van der Waals surface area contributed by atoms with Gasteiger partial charge in [0.15, 0.2) is 0 Å². The van der Waals surface area contributed by atoms with Crippen LogP contribution in [-0.2, 0) is 19.9 Å². The maximum Gasteiger partial charge on any atom is 0.0522 e. The Morgan fingerprint density at radius 3 is 3.06 bits per heavy atom. The Balaban J connectivity index is 1.71. The Kier molecular flexibility index (Phi) is 2.70. The van der Waals surface area contributed by atoms with Crippen LogP contribution in [0, 0.1) is 0 Å². The number of nitrogen functional groups attached to an aromatic ring is 1. The molecule has 0 unspecified atom stereocenters. The van der Waals surface area contributed by atoms with Gasteiger partial charge in [0, 0.05) is 43.3 Å². The van der Waals surface area contributed by atoms with E-state index in [1.165, 1.54) is 16.8 Å². The summed E-state index contributed by atoms with van der Waals surface area (Å²) in [6.07, 6.45) is 6.11. The van der Waals surface area contributed by atoms with Crippen LogP contribution in [0.15, 0.2) is 30.6 Å². The summed E-state index contributed by atoms with van der Waals surface area (Å²) >= 11 is 0. The van der Waals surface area contributed by atoms with Gasteiger partial charge in [-0.05, 0) is 30.5 Å². The highest BCUT2D eigenvalue weighted by atomic mass is 15.2.